The molecule has 0 aliphatic carbocycles. The molecule has 0 spiro atoms. The van der Waals surface area contributed by atoms with Crippen molar-refractivity contribution in [3.63, 3.8) is 0 Å². The van der Waals surface area contributed by atoms with Crippen molar-refractivity contribution in [2.45, 2.75) is 23.5 Å². The molecule has 7 heteroatoms. The average Bonchev–Trinajstić information content (AvgIpc) is 2.83. The highest BCUT2D eigenvalue weighted by Crippen LogP contribution is 2.38. The Balaban J connectivity index is 1.90. The van der Waals surface area contributed by atoms with Crippen LogP contribution in [0.25, 0.3) is 11.0 Å². The summed E-state index contributed by atoms with van der Waals surface area (Å²) < 4.78 is 53.6. The molecule has 1 aromatic heterocycles. The summed E-state index contributed by atoms with van der Waals surface area (Å²) in [6, 6.07) is 9.58. The highest BCUT2D eigenvalue weighted by Gasteiger charge is 2.30. The molecule has 0 saturated heterocycles. The van der Waals surface area contributed by atoms with E-state index in [1.54, 1.807) is 23.7 Å². The fraction of sp³-hybridized carbons (Fsp3) is 0.235. The van der Waals surface area contributed by atoms with Crippen LogP contribution in [0.15, 0.2) is 47.6 Å². The van der Waals surface area contributed by atoms with Gasteiger partial charge in [-0.05, 0) is 36.8 Å². The molecule has 0 aliphatic heterocycles. The molecule has 0 bridgehead atoms. The first-order chi connectivity index (χ1) is 11.3. The van der Waals surface area contributed by atoms with Crippen molar-refractivity contribution in [3.8, 4) is 0 Å². The van der Waals surface area contributed by atoms with Crippen molar-refractivity contribution >= 4 is 22.8 Å². The number of thioether (sulfide) groups is 1. The molecule has 0 saturated carbocycles. The van der Waals surface area contributed by atoms with Crippen molar-refractivity contribution in [2.75, 3.05) is 0 Å². The van der Waals surface area contributed by atoms with E-state index in [0.717, 1.165) is 12.1 Å². The largest absolute Gasteiger partial charge is 0.416 e. The summed E-state index contributed by atoms with van der Waals surface area (Å²) in [6.45, 7) is 1.82. The maximum Gasteiger partial charge on any atom is 0.416 e. The molecule has 2 nitrogen and oxygen atoms in total. The first-order valence-electron chi connectivity index (χ1n) is 7.21. The van der Waals surface area contributed by atoms with E-state index in [1.165, 1.54) is 30.0 Å². The second-order valence-electron chi connectivity index (χ2n) is 5.47. The zero-order valence-corrected chi connectivity index (χ0v) is 13.7. The fourth-order valence-corrected chi connectivity index (χ4v) is 3.45. The van der Waals surface area contributed by atoms with Crippen LogP contribution in [0.4, 0.5) is 17.6 Å². The molecule has 1 heterocycles. The molecular formula is C17H14F4N2S. The summed E-state index contributed by atoms with van der Waals surface area (Å²) in [7, 11) is 1.76. The molecule has 0 radical (unpaired) electrons. The third-order valence-electron chi connectivity index (χ3n) is 3.77. The van der Waals surface area contributed by atoms with E-state index in [1.807, 2.05) is 6.92 Å². The van der Waals surface area contributed by atoms with Crippen LogP contribution in [-0.2, 0) is 13.2 Å². The van der Waals surface area contributed by atoms with Gasteiger partial charge in [0, 0.05) is 12.3 Å². The topological polar surface area (TPSA) is 17.8 Å². The quantitative estimate of drug-likeness (QED) is 0.451. The molecule has 3 aromatic rings. The summed E-state index contributed by atoms with van der Waals surface area (Å²) >= 11 is 1.34. The number of aromatic nitrogens is 2. The first kappa shape index (κ1) is 16.8. The number of hydrogen-bond donors (Lipinski definition) is 0. The SMILES string of the molecule is CC(Sc1nc2ccc(F)cc2n1C)c1cccc(C(F)(F)F)c1. The Bertz CT molecular complexity index is 886. The Kier molecular flexibility index (Phi) is 4.29. The molecule has 3 rings (SSSR count). The molecule has 0 amide bonds. The molecule has 24 heavy (non-hydrogen) atoms. The normalized spacial score (nSPS) is 13.4. The van der Waals surface area contributed by atoms with Crippen LogP contribution >= 0.6 is 11.8 Å². The van der Waals surface area contributed by atoms with Crippen molar-refractivity contribution in [2.24, 2.45) is 7.05 Å². The van der Waals surface area contributed by atoms with Gasteiger partial charge in [-0.25, -0.2) is 9.37 Å². The van der Waals surface area contributed by atoms with E-state index >= 15 is 0 Å². The van der Waals surface area contributed by atoms with Crippen molar-refractivity contribution < 1.29 is 17.6 Å². The lowest BCUT2D eigenvalue weighted by Gasteiger charge is -2.14. The molecule has 1 atom stereocenters. The number of aryl methyl sites for hydroxylation is 1. The number of benzene rings is 2. The second-order valence-corrected chi connectivity index (χ2v) is 6.78. The third kappa shape index (κ3) is 3.26. The number of halogens is 4. The molecule has 0 N–H and O–H groups in total. The Morgan fingerprint density at radius 2 is 1.88 bits per heavy atom. The van der Waals surface area contributed by atoms with Crippen LogP contribution in [-0.4, -0.2) is 9.55 Å². The summed E-state index contributed by atoms with van der Waals surface area (Å²) in [5, 5.41) is 0.396. The molecule has 0 aliphatic rings. The zero-order valence-electron chi connectivity index (χ0n) is 12.9. The molecule has 0 fully saturated rings. The van der Waals surface area contributed by atoms with Crippen LogP contribution in [0.1, 0.15) is 23.3 Å². The van der Waals surface area contributed by atoms with E-state index in [9.17, 15) is 17.6 Å². The number of nitrogens with zero attached hydrogens (tertiary/aromatic N) is 2. The summed E-state index contributed by atoms with van der Waals surface area (Å²) in [6.07, 6.45) is -4.37. The monoisotopic (exact) mass is 354 g/mol. The Labute approximate surface area is 140 Å². The Morgan fingerprint density at radius 1 is 1.12 bits per heavy atom. The minimum Gasteiger partial charge on any atom is -0.322 e. The van der Waals surface area contributed by atoms with Crippen molar-refractivity contribution in [3.05, 3.63) is 59.4 Å². The van der Waals surface area contributed by atoms with Gasteiger partial charge in [-0.3, -0.25) is 0 Å². The van der Waals surface area contributed by atoms with Gasteiger partial charge in [0.25, 0.3) is 0 Å². The zero-order chi connectivity index (χ0) is 17.5. The summed E-state index contributed by atoms with van der Waals surface area (Å²) in [5.41, 5.74) is 1.19. The lowest BCUT2D eigenvalue weighted by Crippen LogP contribution is -2.05. The maximum atomic E-state index is 13.4. The van der Waals surface area contributed by atoms with Gasteiger partial charge in [-0.2, -0.15) is 13.2 Å². The number of alkyl halides is 3. The van der Waals surface area contributed by atoms with Gasteiger partial charge in [-0.15, -0.1) is 0 Å². The van der Waals surface area contributed by atoms with Crippen LogP contribution < -0.4 is 0 Å². The van der Waals surface area contributed by atoms with E-state index in [4.69, 9.17) is 0 Å². The first-order valence-corrected chi connectivity index (χ1v) is 8.09. The van der Waals surface area contributed by atoms with E-state index in [0.29, 0.717) is 21.8 Å². The number of imidazole rings is 1. The summed E-state index contributed by atoms with van der Waals surface area (Å²) in [4.78, 5) is 4.43. The smallest absolute Gasteiger partial charge is 0.322 e. The molecule has 1 unspecified atom stereocenters. The van der Waals surface area contributed by atoms with Crippen LogP contribution in [0, 0.1) is 5.82 Å². The number of hydrogen-bond acceptors (Lipinski definition) is 2. The highest BCUT2D eigenvalue weighted by molar-refractivity contribution is 7.99. The molecule has 126 valence electrons. The predicted molar refractivity (Wildman–Crippen MR) is 86.4 cm³/mol. The third-order valence-corrected chi connectivity index (χ3v) is 4.97. The Morgan fingerprint density at radius 3 is 2.58 bits per heavy atom. The summed E-state index contributed by atoms with van der Waals surface area (Å²) in [5.74, 6) is -0.354. The van der Waals surface area contributed by atoms with Crippen molar-refractivity contribution in [1.29, 1.82) is 0 Å². The highest BCUT2D eigenvalue weighted by atomic mass is 32.2. The van der Waals surface area contributed by atoms with E-state index in [2.05, 4.69) is 4.98 Å². The van der Waals surface area contributed by atoms with Gasteiger partial charge < -0.3 is 4.57 Å². The minimum atomic E-state index is -4.37. The van der Waals surface area contributed by atoms with Gasteiger partial charge in [0.1, 0.15) is 5.82 Å². The maximum absolute atomic E-state index is 13.4. The van der Waals surface area contributed by atoms with Crippen LogP contribution in [0.3, 0.4) is 0 Å². The molecule has 2 aromatic carbocycles. The average molecular weight is 354 g/mol. The minimum absolute atomic E-state index is 0.229. The van der Waals surface area contributed by atoms with Gasteiger partial charge in [-0.1, -0.05) is 30.0 Å². The van der Waals surface area contributed by atoms with Crippen LogP contribution in [0.2, 0.25) is 0 Å². The van der Waals surface area contributed by atoms with Crippen LogP contribution in [0.5, 0.6) is 0 Å². The number of rotatable bonds is 3. The van der Waals surface area contributed by atoms with Gasteiger partial charge in [0.05, 0.1) is 16.6 Å². The van der Waals surface area contributed by atoms with E-state index < -0.39 is 11.7 Å². The number of fused-ring (bicyclic) bond motifs is 1. The van der Waals surface area contributed by atoms with Gasteiger partial charge in [0.2, 0.25) is 0 Å². The molecular weight excluding hydrogens is 340 g/mol. The lowest BCUT2D eigenvalue weighted by molar-refractivity contribution is -0.137. The lowest BCUT2D eigenvalue weighted by atomic mass is 10.1. The predicted octanol–water partition coefficient (Wildman–Crippen LogP) is 5.58. The second kappa shape index (κ2) is 6.12. The standard InChI is InChI=1S/C17H14F4N2S/c1-10(11-4-3-5-12(8-11)17(19,20)21)24-16-22-14-7-6-13(18)9-15(14)23(16)2/h3-10H,1-2H3. The Hall–Kier alpha value is -2.02. The van der Waals surface area contributed by atoms with Gasteiger partial charge >= 0.3 is 6.18 Å². The van der Waals surface area contributed by atoms with E-state index in [-0.39, 0.29) is 11.1 Å². The fourth-order valence-electron chi connectivity index (χ4n) is 2.44. The van der Waals surface area contributed by atoms with Crippen molar-refractivity contribution in [1.82, 2.24) is 9.55 Å². The van der Waals surface area contributed by atoms with Gasteiger partial charge in [0.15, 0.2) is 5.16 Å².